The molecule has 0 aromatic heterocycles. The maximum atomic E-state index is 12.4. The van der Waals surface area contributed by atoms with Crippen LogP contribution in [0.2, 0.25) is 10.0 Å². The summed E-state index contributed by atoms with van der Waals surface area (Å²) in [4.78, 5) is 12.4. The first kappa shape index (κ1) is 17.4. The Bertz CT molecular complexity index is 687. The first-order valence-electron chi connectivity index (χ1n) is 7.08. The number of esters is 1. The van der Waals surface area contributed by atoms with Gasteiger partial charge in [0.2, 0.25) is 0 Å². The van der Waals surface area contributed by atoms with Crippen molar-refractivity contribution in [1.82, 2.24) is 0 Å². The smallest absolute Gasteiger partial charge is 0.333 e. The van der Waals surface area contributed by atoms with Crippen LogP contribution in [0.1, 0.15) is 25.5 Å². The molecule has 23 heavy (non-hydrogen) atoms. The van der Waals surface area contributed by atoms with E-state index in [2.05, 4.69) is 5.32 Å². The highest BCUT2D eigenvalue weighted by molar-refractivity contribution is 6.36. The van der Waals surface area contributed by atoms with Crippen LogP contribution in [0.3, 0.4) is 0 Å². The Hall–Kier alpha value is -1.91. The lowest BCUT2D eigenvalue weighted by Crippen LogP contribution is -2.25. The molecule has 0 amide bonds. The molecule has 2 aromatic rings. The number of nitrogens with one attached hydrogen (secondary N) is 1. The summed E-state index contributed by atoms with van der Waals surface area (Å²) < 4.78 is 5.30. The highest BCUT2D eigenvalue weighted by atomic mass is 35.5. The molecule has 4 nitrogen and oxygen atoms in total. The normalized spacial score (nSPS) is 12.0. The summed E-state index contributed by atoms with van der Waals surface area (Å²) >= 11 is 12.0. The summed E-state index contributed by atoms with van der Waals surface area (Å²) in [5, 5.41) is 13.4. The standard InChI is InChI=1S/C17H17Cl2NO3/c1-10(2)23-17(22)16(11-3-6-13(21)7-4-11)20-15-8-5-12(18)9-14(15)19/h3-10,16,20-21H,1-2H3. The summed E-state index contributed by atoms with van der Waals surface area (Å²) in [6.07, 6.45) is -0.246. The monoisotopic (exact) mass is 353 g/mol. The number of rotatable bonds is 5. The minimum absolute atomic E-state index is 0.120. The molecule has 0 spiro atoms. The lowest BCUT2D eigenvalue weighted by Gasteiger charge is -2.21. The topological polar surface area (TPSA) is 58.6 Å². The first-order chi connectivity index (χ1) is 10.9. The van der Waals surface area contributed by atoms with Crippen LogP contribution in [0, 0.1) is 0 Å². The predicted octanol–water partition coefficient (Wildman–Crippen LogP) is 4.80. The zero-order valence-electron chi connectivity index (χ0n) is 12.7. The zero-order valence-corrected chi connectivity index (χ0v) is 14.2. The van der Waals surface area contributed by atoms with E-state index >= 15 is 0 Å². The lowest BCUT2D eigenvalue weighted by atomic mass is 10.1. The van der Waals surface area contributed by atoms with Gasteiger partial charge < -0.3 is 15.2 Å². The largest absolute Gasteiger partial charge is 0.508 e. The number of hydrogen-bond acceptors (Lipinski definition) is 4. The summed E-state index contributed by atoms with van der Waals surface area (Å²) in [7, 11) is 0. The third kappa shape index (κ3) is 4.78. The molecule has 122 valence electrons. The molecule has 0 saturated heterocycles. The second-order valence-electron chi connectivity index (χ2n) is 5.28. The highest BCUT2D eigenvalue weighted by Gasteiger charge is 2.24. The van der Waals surface area contributed by atoms with Crippen molar-refractivity contribution in [3.05, 3.63) is 58.1 Å². The van der Waals surface area contributed by atoms with E-state index in [1.165, 1.54) is 12.1 Å². The van der Waals surface area contributed by atoms with Gasteiger partial charge in [-0.15, -0.1) is 0 Å². The van der Waals surface area contributed by atoms with Gasteiger partial charge >= 0.3 is 5.97 Å². The minimum Gasteiger partial charge on any atom is -0.508 e. The summed E-state index contributed by atoms with van der Waals surface area (Å²) in [5.41, 5.74) is 1.22. The molecule has 1 atom stereocenters. The Morgan fingerprint density at radius 1 is 1.13 bits per heavy atom. The van der Waals surface area contributed by atoms with E-state index in [-0.39, 0.29) is 11.9 Å². The van der Waals surface area contributed by atoms with E-state index in [1.807, 2.05) is 0 Å². The molecule has 2 aromatic carbocycles. The molecule has 0 aliphatic heterocycles. The van der Waals surface area contributed by atoms with E-state index in [0.29, 0.717) is 21.3 Å². The van der Waals surface area contributed by atoms with Gasteiger partial charge in [0, 0.05) is 5.02 Å². The number of ether oxygens (including phenoxy) is 1. The van der Waals surface area contributed by atoms with Crippen LogP contribution in [-0.2, 0) is 9.53 Å². The Labute approximate surface area is 145 Å². The number of phenolic OH excluding ortho intramolecular Hbond substituents is 1. The second kappa shape index (κ2) is 7.57. The molecule has 1 unspecified atom stereocenters. The van der Waals surface area contributed by atoms with E-state index in [9.17, 15) is 9.90 Å². The third-order valence-corrected chi connectivity index (χ3v) is 3.59. The molecule has 0 saturated carbocycles. The van der Waals surface area contributed by atoms with E-state index in [0.717, 1.165) is 0 Å². The van der Waals surface area contributed by atoms with Crippen LogP contribution in [-0.4, -0.2) is 17.2 Å². The number of carbonyl (C=O) groups excluding carboxylic acids is 1. The Morgan fingerprint density at radius 2 is 1.78 bits per heavy atom. The number of hydrogen-bond donors (Lipinski definition) is 2. The molecular formula is C17H17Cl2NO3. The number of benzene rings is 2. The highest BCUT2D eigenvalue weighted by Crippen LogP contribution is 2.30. The number of phenols is 1. The molecule has 0 heterocycles. The van der Waals surface area contributed by atoms with Gasteiger partial charge in [0.25, 0.3) is 0 Å². The first-order valence-corrected chi connectivity index (χ1v) is 7.83. The molecule has 0 radical (unpaired) electrons. The summed E-state index contributed by atoms with van der Waals surface area (Å²) in [6, 6.07) is 10.5. The fraction of sp³-hybridized carbons (Fsp3) is 0.235. The van der Waals surface area contributed by atoms with Gasteiger partial charge in [0.05, 0.1) is 16.8 Å². The van der Waals surface area contributed by atoms with Crippen molar-refractivity contribution in [2.45, 2.75) is 26.0 Å². The van der Waals surface area contributed by atoms with Gasteiger partial charge in [0.1, 0.15) is 5.75 Å². The average Bonchev–Trinajstić information content (AvgIpc) is 2.47. The van der Waals surface area contributed by atoms with E-state index < -0.39 is 12.0 Å². The fourth-order valence-electron chi connectivity index (χ4n) is 2.01. The molecular weight excluding hydrogens is 337 g/mol. The van der Waals surface area contributed by atoms with Crippen molar-refractivity contribution in [1.29, 1.82) is 0 Å². The lowest BCUT2D eigenvalue weighted by molar-refractivity contribution is -0.148. The molecule has 2 rings (SSSR count). The van der Waals surface area contributed by atoms with Crippen molar-refractivity contribution >= 4 is 34.9 Å². The van der Waals surface area contributed by atoms with Crippen LogP contribution in [0.25, 0.3) is 0 Å². The molecule has 2 N–H and O–H groups in total. The van der Waals surface area contributed by atoms with Gasteiger partial charge in [-0.25, -0.2) is 4.79 Å². The SMILES string of the molecule is CC(C)OC(=O)C(Nc1ccc(Cl)cc1Cl)c1ccc(O)cc1. The van der Waals surface area contributed by atoms with Crippen LogP contribution >= 0.6 is 23.2 Å². The number of aromatic hydroxyl groups is 1. The van der Waals surface area contributed by atoms with Gasteiger partial charge in [-0.3, -0.25) is 0 Å². The van der Waals surface area contributed by atoms with Crippen LogP contribution in [0.5, 0.6) is 5.75 Å². The molecule has 0 bridgehead atoms. The van der Waals surface area contributed by atoms with Crippen LogP contribution < -0.4 is 5.32 Å². The molecule has 0 aliphatic carbocycles. The van der Waals surface area contributed by atoms with Crippen molar-refractivity contribution in [2.24, 2.45) is 0 Å². The predicted molar refractivity (Wildman–Crippen MR) is 92.2 cm³/mol. The number of anilines is 1. The molecule has 0 aliphatic rings. The average molecular weight is 354 g/mol. The second-order valence-corrected chi connectivity index (χ2v) is 6.12. The zero-order chi connectivity index (χ0) is 17.0. The Morgan fingerprint density at radius 3 is 2.35 bits per heavy atom. The van der Waals surface area contributed by atoms with E-state index in [1.54, 1.807) is 44.2 Å². The molecule has 6 heteroatoms. The number of carbonyl (C=O) groups is 1. The third-order valence-electron chi connectivity index (χ3n) is 3.04. The Balaban J connectivity index is 2.32. The Kier molecular flexibility index (Phi) is 5.74. The van der Waals surface area contributed by atoms with Gasteiger partial charge in [-0.05, 0) is 49.7 Å². The maximum absolute atomic E-state index is 12.4. The summed E-state index contributed by atoms with van der Waals surface area (Å²) in [6.45, 7) is 3.56. The van der Waals surface area contributed by atoms with Crippen molar-refractivity contribution in [2.75, 3.05) is 5.32 Å². The number of halogens is 2. The molecule has 0 fully saturated rings. The van der Waals surface area contributed by atoms with Crippen molar-refractivity contribution < 1.29 is 14.6 Å². The maximum Gasteiger partial charge on any atom is 0.333 e. The van der Waals surface area contributed by atoms with Crippen LogP contribution in [0.15, 0.2) is 42.5 Å². The minimum atomic E-state index is -0.753. The van der Waals surface area contributed by atoms with Gasteiger partial charge in [-0.1, -0.05) is 35.3 Å². The summed E-state index contributed by atoms with van der Waals surface area (Å²) in [5.74, 6) is -0.314. The fourth-order valence-corrected chi connectivity index (χ4v) is 2.47. The van der Waals surface area contributed by atoms with Crippen molar-refractivity contribution in [3.8, 4) is 5.75 Å². The van der Waals surface area contributed by atoms with E-state index in [4.69, 9.17) is 27.9 Å². The van der Waals surface area contributed by atoms with Gasteiger partial charge in [-0.2, -0.15) is 0 Å². The van der Waals surface area contributed by atoms with Gasteiger partial charge in [0.15, 0.2) is 6.04 Å². The van der Waals surface area contributed by atoms with Crippen LogP contribution in [0.4, 0.5) is 5.69 Å². The quantitative estimate of drug-likeness (QED) is 0.757. The van der Waals surface area contributed by atoms with Crippen molar-refractivity contribution in [3.63, 3.8) is 0 Å².